The number of methoxy groups -OCH3 is 1. The van der Waals surface area contributed by atoms with Gasteiger partial charge < -0.3 is 4.74 Å². The predicted octanol–water partition coefficient (Wildman–Crippen LogP) is 5.30. The second-order valence-corrected chi connectivity index (χ2v) is 5.39. The topological polar surface area (TPSA) is 33.0 Å². The molecule has 2 aromatic carbocycles. The summed E-state index contributed by atoms with van der Waals surface area (Å²) in [7, 11) is 1.39. The highest BCUT2D eigenvalue weighted by Gasteiger charge is 2.20. The first-order valence-electron chi connectivity index (χ1n) is 7.22. The zero-order chi connectivity index (χ0) is 17.0. The SMILES string of the molecule is COc1c(F)cc(C(C)C)c(C=CC#N)c1-c1ccc(F)cc1. The minimum atomic E-state index is -0.482. The van der Waals surface area contributed by atoms with Crippen molar-refractivity contribution >= 4 is 6.08 Å². The van der Waals surface area contributed by atoms with E-state index in [4.69, 9.17) is 10.00 Å². The van der Waals surface area contributed by atoms with E-state index >= 15 is 0 Å². The van der Waals surface area contributed by atoms with Crippen LogP contribution in [0.25, 0.3) is 17.2 Å². The van der Waals surface area contributed by atoms with Gasteiger partial charge in [-0.2, -0.15) is 5.26 Å². The third-order valence-corrected chi connectivity index (χ3v) is 3.59. The molecule has 23 heavy (non-hydrogen) atoms. The molecular formula is C19H17F2NO. The van der Waals surface area contributed by atoms with E-state index in [1.54, 1.807) is 18.2 Å². The standard InChI is InChI=1S/C19H17F2NO/c1-12(2)16-11-17(21)19(23-3)18(15(16)5-4-10-22)13-6-8-14(20)9-7-13/h4-9,11-12H,1-3H3. The molecule has 0 bridgehead atoms. The molecule has 0 radical (unpaired) electrons. The monoisotopic (exact) mass is 313 g/mol. The van der Waals surface area contributed by atoms with Crippen LogP contribution in [0.4, 0.5) is 8.78 Å². The molecule has 0 spiro atoms. The van der Waals surface area contributed by atoms with Crippen molar-refractivity contribution in [1.29, 1.82) is 5.26 Å². The summed E-state index contributed by atoms with van der Waals surface area (Å²) in [6.45, 7) is 3.89. The van der Waals surface area contributed by atoms with E-state index in [9.17, 15) is 8.78 Å². The van der Waals surface area contributed by atoms with Gasteiger partial charge in [-0.3, -0.25) is 0 Å². The Morgan fingerprint density at radius 2 is 1.83 bits per heavy atom. The summed E-state index contributed by atoms with van der Waals surface area (Å²) in [5.74, 6) is -0.724. The van der Waals surface area contributed by atoms with Gasteiger partial charge in [0.15, 0.2) is 11.6 Å². The number of ether oxygens (including phenoxy) is 1. The molecule has 0 fully saturated rings. The first kappa shape index (κ1) is 16.7. The fourth-order valence-corrected chi connectivity index (χ4v) is 2.55. The number of hydrogen-bond acceptors (Lipinski definition) is 2. The van der Waals surface area contributed by atoms with Gasteiger partial charge in [-0.15, -0.1) is 0 Å². The number of benzene rings is 2. The fourth-order valence-electron chi connectivity index (χ4n) is 2.55. The van der Waals surface area contributed by atoms with E-state index in [2.05, 4.69) is 0 Å². The second kappa shape index (κ2) is 7.06. The van der Waals surface area contributed by atoms with Crippen molar-refractivity contribution in [2.75, 3.05) is 7.11 Å². The largest absolute Gasteiger partial charge is 0.493 e. The first-order chi connectivity index (χ1) is 11.0. The van der Waals surface area contributed by atoms with Gasteiger partial charge in [0.2, 0.25) is 0 Å². The Balaban J connectivity index is 2.86. The second-order valence-electron chi connectivity index (χ2n) is 5.39. The molecular weight excluding hydrogens is 296 g/mol. The van der Waals surface area contributed by atoms with Crippen molar-refractivity contribution in [2.45, 2.75) is 19.8 Å². The first-order valence-corrected chi connectivity index (χ1v) is 7.22. The minimum Gasteiger partial charge on any atom is -0.493 e. The number of halogens is 2. The summed E-state index contributed by atoms with van der Waals surface area (Å²) in [6, 6.07) is 9.14. The third-order valence-electron chi connectivity index (χ3n) is 3.59. The van der Waals surface area contributed by atoms with Crippen molar-refractivity contribution in [3.8, 4) is 22.9 Å². The van der Waals surface area contributed by atoms with Gasteiger partial charge >= 0.3 is 0 Å². The highest BCUT2D eigenvalue weighted by atomic mass is 19.1. The van der Waals surface area contributed by atoms with E-state index in [-0.39, 0.29) is 17.5 Å². The molecule has 0 amide bonds. The maximum atomic E-state index is 14.5. The zero-order valence-electron chi connectivity index (χ0n) is 13.2. The van der Waals surface area contributed by atoms with Gasteiger partial charge in [0, 0.05) is 11.6 Å². The highest BCUT2D eigenvalue weighted by Crippen LogP contribution is 2.40. The quantitative estimate of drug-likeness (QED) is 0.717. The van der Waals surface area contributed by atoms with Crippen molar-refractivity contribution in [2.24, 2.45) is 0 Å². The molecule has 0 aliphatic rings. The number of hydrogen-bond donors (Lipinski definition) is 0. The van der Waals surface area contributed by atoms with E-state index in [0.717, 1.165) is 5.56 Å². The van der Waals surface area contributed by atoms with Crippen LogP contribution >= 0.6 is 0 Å². The molecule has 118 valence electrons. The van der Waals surface area contributed by atoms with Gasteiger partial charge in [0.1, 0.15) is 5.82 Å². The lowest BCUT2D eigenvalue weighted by Gasteiger charge is -2.19. The Morgan fingerprint density at radius 1 is 1.17 bits per heavy atom. The predicted molar refractivity (Wildman–Crippen MR) is 87.1 cm³/mol. The summed E-state index contributed by atoms with van der Waals surface area (Å²) in [5, 5.41) is 8.84. The molecule has 0 aromatic heterocycles. The summed E-state index contributed by atoms with van der Waals surface area (Å²) >= 11 is 0. The molecule has 0 saturated heterocycles. The van der Waals surface area contributed by atoms with Crippen molar-refractivity contribution in [3.05, 3.63) is 59.2 Å². The van der Waals surface area contributed by atoms with Gasteiger partial charge in [-0.1, -0.05) is 26.0 Å². The molecule has 0 unspecified atom stereocenters. The van der Waals surface area contributed by atoms with E-state index in [0.29, 0.717) is 16.7 Å². The van der Waals surface area contributed by atoms with E-state index in [1.165, 1.54) is 31.4 Å². The van der Waals surface area contributed by atoms with Crippen LogP contribution in [0.1, 0.15) is 30.9 Å². The molecule has 0 N–H and O–H groups in total. The molecule has 4 heteroatoms. The number of allylic oxidation sites excluding steroid dienone is 1. The molecule has 0 atom stereocenters. The lowest BCUT2D eigenvalue weighted by Crippen LogP contribution is -2.01. The maximum absolute atomic E-state index is 14.5. The van der Waals surface area contributed by atoms with Crippen molar-refractivity contribution < 1.29 is 13.5 Å². The molecule has 0 saturated carbocycles. The van der Waals surface area contributed by atoms with Crippen molar-refractivity contribution in [3.63, 3.8) is 0 Å². The summed E-state index contributed by atoms with van der Waals surface area (Å²) in [5.41, 5.74) is 2.60. The van der Waals surface area contributed by atoms with Crippen LogP contribution in [0.15, 0.2) is 36.4 Å². The van der Waals surface area contributed by atoms with Gasteiger partial charge in [0.05, 0.1) is 13.2 Å². The molecule has 0 aliphatic heterocycles. The number of rotatable bonds is 4. The zero-order valence-corrected chi connectivity index (χ0v) is 13.2. The van der Waals surface area contributed by atoms with Crippen LogP contribution in [0.2, 0.25) is 0 Å². The van der Waals surface area contributed by atoms with E-state index < -0.39 is 5.82 Å². The van der Waals surface area contributed by atoms with Gasteiger partial charge in [-0.05, 0) is 46.9 Å². The van der Waals surface area contributed by atoms with Crippen LogP contribution in [0.3, 0.4) is 0 Å². The summed E-state index contributed by atoms with van der Waals surface area (Å²) in [6.07, 6.45) is 2.97. The van der Waals surface area contributed by atoms with Crippen LogP contribution in [-0.4, -0.2) is 7.11 Å². The Morgan fingerprint density at radius 3 is 2.35 bits per heavy atom. The smallest absolute Gasteiger partial charge is 0.166 e. The Hall–Kier alpha value is -2.67. The average molecular weight is 313 g/mol. The molecule has 2 aromatic rings. The Bertz CT molecular complexity index is 771. The normalized spacial score (nSPS) is 11.0. The molecule has 2 rings (SSSR count). The lowest BCUT2D eigenvalue weighted by atomic mass is 9.89. The van der Waals surface area contributed by atoms with Crippen molar-refractivity contribution in [1.82, 2.24) is 0 Å². The number of nitrogens with zero attached hydrogens (tertiary/aromatic N) is 1. The maximum Gasteiger partial charge on any atom is 0.166 e. The van der Waals surface area contributed by atoms with E-state index in [1.807, 2.05) is 19.9 Å². The summed E-state index contributed by atoms with van der Waals surface area (Å²) < 4.78 is 32.9. The molecule has 0 aliphatic carbocycles. The van der Waals surface area contributed by atoms with Crippen LogP contribution < -0.4 is 4.74 Å². The average Bonchev–Trinajstić information content (AvgIpc) is 2.53. The van der Waals surface area contributed by atoms with Crippen LogP contribution in [-0.2, 0) is 0 Å². The Kier molecular flexibility index (Phi) is 5.13. The highest BCUT2D eigenvalue weighted by molar-refractivity contribution is 5.83. The molecule has 2 nitrogen and oxygen atoms in total. The third kappa shape index (κ3) is 3.40. The lowest BCUT2D eigenvalue weighted by molar-refractivity contribution is 0.387. The van der Waals surface area contributed by atoms with Crippen LogP contribution in [0.5, 0.6) is 5.75 Å². The van der Waals surface area contributed by atoms with Crippen LogP contribution in [0, 0.1) is 23.0 Å². The number of nitriles is 1. The Labute approximate surface area is 134 Å². The van der Waals surface area contributed by atoms with Gasteiger partial charge in [-0.25, -0.2) is 8.78 Å². The fraction of sp³-hybridized carbons (Fsp3) is 0.211. The van der Waals surface area contributed by atoms with Gasteiger partial charge in [0.25, 0.3) is 0 Å². The molecule has 0 heterocycles. The minimum absolute atomic E-state index is 0.0490. The summed E-state index contributed by atoms with van der Waals surface area (Å²) in [4.78, 5) is 0.